The van der Waals surface area contributed by atoms with Gasteiger partial charge in [0.25, 0.3) is 0 Å². The second kappa shape index (κ2) is 7.33. The molecule has 0 bridgehead atoms. The average Bonchev–Trinajstić information content (AvgIpc) is 2.38. The van der Waals surface area contributed by atoms with Crippen molar-refractivity contribution in [2.75, 3.05) is 18.0 Å². The van der Waals surface area contributed by atoms with Crippen LogP contribution in [0.4, 0.5) is 5.69 Å². The Morgan fingerprint density at radius 2 is 1.65 bits per heavy atom. The molecule has 1 aromatic carbocycles. The van der Waals surface area contributed by atoms with Crippen LogP contribution in [0.1, 0.15) is 51.6 Å². The van der Waals surface area contributed by atoms with E-state index in [4.69, 9.17) is 5.73 Å². The zero-order chi connectivity index (χ0) is 12.7. The summed E-state index contributed by atoms with van der Waals surface area (Å²) in [5, 5.41) is 0. The second-order valence-corrected chi connectivity index (χ2v) is 4.51. The van der Waals surface area contributed by atoms with Crippen molar-refractivity contribution in [1.29, 1.82) is 0 Å². The summed E-state index contributed by atoms with van der Waals surface area (Å²) in [5.74, 6) is 0. The second-order valence-electron chi connectivity index (χ2n) is 4.51. The first-order chi connectivity index (χ1) is 8.22. The maximum atomic E-state index is 6.16. The molecule has 0 saturated heterocycles. The summed E-state index contributed by atoms with van der Waals surface area (Å²) in [6, 6.07) is 8.92. The van der Waals surface area contributed by atoms with Crippen LogP contribution in [0.3, 0.4) is 0 Å². The first-order valence-corrected chi connectivity index (χ1v) is 6.83. The number of hydrogen-bond acceptors (Lipinski definition) is 2. The predicted molar refractivity (Wildman–Crippen MR) is 76.5 cm³/mol. The summed E-state index contributed by atoms with van der Waals surface area (Å²) in [7, 11) is 0. The zero-order valence-corrected chi connectivity index (χ0v) is 11.4. The molecule has 0 aliphatic rings. The lowest BCUT2D eigenvalue weighted by molar-refractivity contribution is 0.603. The number of rotatable bonds is 7. The fourth-order valence-electron chi connectivity index (χ4n) is 2.11. The Labute approximate surface area is 106 Å². The van der Waals surface area contributed by atoms with Crippen LogP contribution < -0.4 is 10.6 Å². The number of benzene rings is 1. The maximum Gasteiger partial charge on any atom is 0.0366 e. The zero-order valence-electron chi connectivity index (χ0n) is 11.4. The van der Waals surface area contributed by atoms with Gasteiger partial charge in [0.05, 0.1) is 0 Å². The lowest BCUT2D eigenvalue weighted by Gasteiger charge is -2.21. The van der Waals surface area contributed by atoms with Gasteiger partial charge in [0, 0.05) is 24.8 Å². The molecule has 0 aliphatic heterocycles. The molecule has 0 amide bonds. The van der Waals surface area contributed by atoms with Crippen LogP contribution in [0.25, 0.3) is 0 Å². The van der Waals surface area contributed by atoms with Crippen molar-refractivity contribution in [3.63, 3.8) is 0 Å². The van der Waals surface area contributed by atoms with E-state index in [2.05, 4.69) is 49.9 Å². The molecule has 0 aromatic heterocycles. The molecule has 2 heteroatoms. The summed E-state index contributed by atoms with van der Waals surface area (Å²) in [4.78, 5) is 2.35. The minimum absolute atomic E-state index is 0.195. The van der Waals surface area contributed by atoms with Gasteiger partial charge in [0.1, 0.15) is 0 Å². The largest absolute Gasteiger partial charge is 0.372 e. The van der Waals surface area contributed by atoms with E-state index in [1.165, 1.54) is 24.1 Å². The summed E-state index contributed by atoms with van der Waals surface area (Å²) in [6.45, 7) is 8.68. The molecule has 0 aliphatic carbocycles. The molecule has 1 atom stereocenters. The molecule has 17 heavy (non-hydrogen) atoms. The summed E-state index contributed by atoms with van der Waals surface area (Å²) in [5.41, 5.74) is 8.71. The van der Waals surface area contributed by atoms with Crippen LogP contribution in [0.5, 0.6) is 0 Å². The maximum absolute atomic E-state index is 6.16. The van der Waals surface area contributed by atoms with Crippen LogP contribution >= 0.6 is 0 Å². The van der Waals surface area contributed by atoms with Gasteiger partial charge >= 0.3 is 0 Å². The molecule has 0 fully saturated rings. The third kappa shape index (κ3) is 4.04. The van der Waals surface area contributed by atoms with E-state index in [0.29, 0.717) is 0 Å². The third-order valence-electron chi connectivity index (χ3n) is 3.32. The topological polar surface area (TPSA) is 29.3 Å². The predicted octanol–water partition coefficient (Wildman–Crippen LogP) is 3.72. The van der Waals surface area contributed by atoms with Gasteiger partial charge in [-0.1, -0.05) is 31.9 Å². The van der Waals surface area contributed by atoms with E-state index in [1.54, 1.807) is 0 Å². The van der Waals surface area contributed by atoms with Crippen molar-refractivity contribution < 1.29 is 0 Å². The fraction of sp³-hybridized carbons (Fsp3) is 0.600. The molecule has 0 spiro atoms. The molecule has 0 saturated carbocycles. The normalized spacial score (nSPS) is 12.5. The number of nitrogens with zero attached hydrogens (tertiary/aromatic N) is 1. The Balaban J connectivity index is 2.66. The molecule has 2 N–H and O–H groups in total. The quantitative estimate of drug-likeness (QED) is 0.779. The minimum Gasteiger partial charge on any atom is -0.372 e. The van der Waals surface area contributed by atoms with E-state index in [0.717, 1.165) is 19.5 Å². The summed E-state index contributed by atoms with van der Waals surface area (Å²) < 4.78 is 0. The van der Waals surface area contributed by atoms with Gasteiger partial charge in [-0.05, 0) is 38.0 Å². The lowest BCUT2D eigenvalue weighted by atomic mass is 10.0. The molecular weight excluding hydrogens is 208 g/mol. The Kier molecular flexibility index (Phi) is 6.06. The van der Waals surface area contributed by atoms with Crippen molar-refractivity contribution in [3.8, 4) is 0 Å². The van der Waals surface area contributed by atoms with Crippen molar-refractivity contribution >= 4 is 5.69 Å². The Morgan fingerprint density at radius 3 is 2.12 bits per heavy atom. The third-order valence-corrected chi connectivity index (χ3v) is 3.32. The first-order valence-electron chi connectivity index (χ1n) is 6.83. The SMILES string of the molecule is CCCC[C@H](N)c1ccc(N(CC)CC)cc1. The highest BCUT2D eigenvalue weighted by molar-refractivity contribution is 5.47. The van der Waals surface area contributed by atoms with Gasteiger partial charge in [-0.3, -0.25) is 0 Å². The molecule has 2 nitrogen and oxygen atoms in total. The molecule has 0 unspecified atom stereocenters. The number of unbranched alkanes of at least 4 members (excludes halogenated alkanes) is 1. The minimum atomic E-state index is 0.195. The molecular formula is C15H26N2. The van der Waals surface area contributed by atoms with Crippen LogP contribution in [-0.4, -0.2) is 13.1 Å². The highest BCUT2D eigenvalue weighted by atomic mass is 15.1. The smallest absolute Gasteiger partial charge is 0.0366 e. The number of hydrogen-bond donors (Lipinski definition) is 1. The van der Waals surface area contributed by atoms with Crippen LogP contribution in [0.15, 0.2) is 24.3 Å². The molecule has 0 heterocycles. The van der Waals surface area contributed by atoms with Crippen molar-refractivity contribution in [3.05, 3.63) is 29.8 Å². The standard InChI is InChI=1S/C15H26N2/c1-4-7-8-15(16)13-9-11-14(12-10-13)17(5-2)6-3/h9-12,15H,4-8,16H2,1-3H3/t15-/m0/s1. The van der Waals surface area contributed by atoms with Crippen LogP contribution in [-0.2, 0) is 0 Å². The van der Waals surface area contributed by atoms with E-state index in [1.807, 2.05) is 0 Å². The van der Waals surface area contributed by atoms with Gasteiger partial charge in [-0.2, -0.15) is 0 Å². The highest BCUT2D eigenvalue weighted by Crippen LogP contribution is 2.21. The van der Waals surface area contributed by atoms with Gasteiger partial charge < -0.3 is 10.6 Å². The van der Waals surface area contributed by atoms with Crippen LogP contribution in [0.2, 0.25) is 0 Å². The van der Waals surface area contributed by atoms with Gasteiger partial charge in [0.15, 0.2) is 0 Å². The summed E-state index contributed by atoms with van der Waals surface area (Å²) >= 11 is 0. The number of nitrogens with two attached hydrogens (primary N) is 1. The average molecular weight is 234 g/mol. The van der Waals surface area contributed by atoms with E-state index < -0.39 is 0 Å². The molecule has 1 rings (SSSR count). The lowest BCUT2D eigenvalue weighted by Crippen LogP contribution is -2.21. The van der Waals surface area contributed by atoms with E-state index in [-0.39, 0.29) is 6.04 Å². The van der Waals surface area contributed by atoms with Crippen LogP contribution in [0, 0.1) is 0 Å². The first kappa shape index (κ1) is 14.0. The Bertz CT molecular complexity index is 301. The summed E-state index contributed by atoms with van der Waals surface area (Å²) in [6.07, 6.45) is 3.51. The van der Waals surface area contributed by atoms with E-state index >= 15 is 0 Å². The van der Waals surface area contributed by atoms with Crippen molar-refractivity contribution in [1.82, 2.24) is 0 Å². The van der Waals surface area contributed by atoms with Crippen molar-refractivity contribution in [2.24, 2.45) is 5.73 Å². The number of anilines is 1. The van der Waals surface area contributed by atoms with Gasteiger partial charge in [-0.15, -0.1) is 0 Å². The Hall–Kier alpha value is -1.02. The Morgan fingerprint density at radius 1 is 1.06 bits per heavy atom. The van der Waals surface area contributed by atoms with Gasteiger partial charge in [0.2, 0.25) is 0 Å². The molecule has 96 valence electrons. The van der Waals surface area contributed by atoms with E-state index in [9.17, 15) is 0 Å². The molecule has 1 aromatic rings. The monoisotopic (exact) mass is 234 g/mol. The van der Waals surface area contributed by atoms with Crippen molar-refractivity contribution in [2.45, 2.75) is 46.1 Å². The van der Waals surface area contributed by atoms with Gasteiger partial charge in [-0.25, -0.2) is 0 Å². The fourth-order valence-corrected chi connectivity index (χ4v) is 2.11. The molecule has 0 radical (unpaired) electrons. The highest BCUT2D eigenvalue weighted by Gasteiger charge is 2.06.